The van der Waals surface area contributed by atoms with Crippen LogP contribution in [0.15, 0.2) is 0 Å². The Bertz CT molecular complexity index is 189. The molecule has 0 aromatic rings. The molecule has 2 N–H and O–H groups in total. The summed E-state index contributed by atoms with van der Waals surface area (Å²) in [6.45, 7) is 5.68. The summed E-state index contributed by atoms with van der Waals surface area (Å²) in [6.07, 6.45) is 9.51. The molecule has 2 unspecified atom stereocenters. The predicted octanol–water partition coefficient (Wildman–Crippen LogP) is 1.56. The zero-order valence-corrected chi connectivity index (χ0v) is 10.5. The van der Waals surface area contributed by atoms with E-state index in [2.05, 4.69) is 18.2 Å². The van der Waals surface area contributed by atoms with Gasteiger partial charge in [-0.15, -0.1) is 6.42 Å². The summed E-state index contributed by atoms with van der Waals surface area (Å²) in [5.41, 5.74) is 0. The second-order valence-electron chi connectivity index (χ2n) is 4.09. The Morgan fingerprint density at radius 1 is 1.38 bits per heavy atom. The lowest BCUT2D eigenvalue weighted by Crippen LogP contribution is -2.35. The first-order valence-electron chi connectivity index (χ1n) is 6.16. The van der Waals surface area contributed by atoms with Crippen molar-refractivity contribution in [2.75, 3.05) is 19.8 Å². The van der Waals surface area contributed by atoms with E-state index < -0.39 is 6.10 Å². The molecule has 3 nitrogen and oxygen atoms in total. The molecule has 0 spiro atoms. The minimum atomic E-state index is -0.470. The maximum atomic E-state index is 9.54. The van der Waals surface area contributed by atoms with Gasteiger partial charge < -0.3 is 15.2 Å². The van der Waals surface area contributed by atoms with Crippen LogP contribution in [0, 0.1) is 12.3 Å². The van der Waals surface area contributed by atoms with Crippen molar-refractivity contribution < 1.29 is 9.84 Å². The molecule has 0 bridgehead atoms. The number of hydrogen-bond donors (Lipinski definition) is 2. The molecule has 0 amide bonds. The van der Waals surface area contributed by atoms with Crippen LogP contribution in [0.25, 0.3) is 0 Å². The number of nitrogens with one attached hydrogen (secondary N) is 1. The fourth-order valence-electron chi connectivity index (χ4n) is 1.28. The molecule has 0 heterocycles. The average Bonchev–Trinajstić information content (AvgIpc) is 2.30. The number of ether oxygens (including phenoxy) is 1. The smallest absolute Gasteiger partial charge is 0.0898 e. The Balaban J connectivity index is 3.24. The van der Waals surface area contributed by atoms with Gasteiger partial charge in [0, 0.05) is 13.2 Å². The number of aliphatic hydroxyl groups excluding tert-OH is 1. The largest absolute Gasteiger partial charge is 0.389 e. The number of terminal acetylenes is 1. The Morgan fingerprint density at radius 2 is 2.12 bits per heavy atom. The minimum absolute atomic E-state index is 0.000737. The predicted molar refractivity (Wildman–Crippen MR) is 67.3 cm³/mol. The second-order valence-corrected chi connectivity index (χ2v) is 4.09. The fraction of sp³-hybridized carbons (Fsp3) is 0.846. The van der Waals surface area contributed by atoms with Gasteiger partial charge in [0.2, 0.25) is 0 Å². The first-order valence-corrected chi connectivity index (χ1v) is 6.16. The molecule has 0 rings (SSSR count). The van der Waals surface area contributed by atoms with E-state index in [1.54, 1.807) is 0 Å². The van der Waals surface area contributed by atoms with Crippen LogP contribution in [0.5, 0.6) is 0 Å². The number of aliphatic hydroxyl groups is 1. The normalized spacial score (nSPS) is 14.4. The SMILES string of the molecule is C#CC(C)NCC(O)COCCCCCC. The van der Waals surface area contributed by atoms with Crippen LogP contribution in [0.2, 0.25) is 0 Å². The van der Waals surface area contributed by atoms with Gasteiger partial charge in [0.25, 0.3) is 0 Å². The molecule has 0 aromatic heterocycles. The Morgan fingerprint density at radius 3 is 2.75 bits per heavy atom. The molecule has 0 radical (unpaired) electrons. The standard InChI is InChI=1S/C13H25NO2/c1-4-6-7-8-9-16-11-13(15)10-14-12(3)5-2/h2,12-15H,4,6-11H2,1,3H3. The van der Waals surface area contributed by atoms with Gasteiger partial charge in [0.05, 0.1) is 18.8 Å². The van der Waals surface area contributed by atoms with Gasteiger partial charge in [-0.1, -0.05) is 32.1 Å². The molecule has 2 atom stereocenters. The van der Waals surface area contributed by atoms with Crippen molar-refractivity contribution in [1.29, 1.82) is 0 Å². The van der Waals surface area contributed by atoms with Crippen molar-refractivity contribution in [1.82, 2.24) is 5.32 Å². The van der Waals surface area contributed by atoms with Crippen molar-refractivity contribution in [3.05, 3.63) is 0 Å². The third-order valence-electron chi connectivity index (χ3n) is 2.36. The van der Waals surface area contributed by atoms with Gasteiger partial charge in [-0.3, -0.25) is 0 Å². The Kier molecular flexibility index (Phi) is 10.6. The van der Waals surface area contributed by atoms with Crippen molar-refractivity contribution in [3.8, 4) is 12.3 Å². The monoisotopic (exact) mass is 227 g/mol. The quantitative estimate of drug-likeness (QED) is 0.439. The summed E-state index contributed by atoms with van der Waals surface area (Å²) in [5, 5.41) is 12.6. The maximum absolute atomic E-state index is 9.54. The van der Waals surface area contributed by atoms with Gasteiger partial charge in [0.15, 0.2) is 0 Å². The Hall–Kier alpha value is -0.560. The fourth-order valence-corrected chi connectivity index (χ4v) is 1.28. The van der Waals surface area contributed by atoms with E-state index in [9.17, 15) is 5.11 Å². The van der Waals surface area contributed by atoms with Crippen molar-refractivity contribution >= 4 is 0 Å². The molecule has 0 aromatic carbocycles. The highest BCUT2D eigenvalue weighted by molar-refractivity contribution is 4.95. The number of rotatable bonds is 10. The molecule has 0 aliphatic rings. The van der Waals surface area contributed by atoms with Gasteiger partial charge in [-0.2, -0.15) is 0 Å². The van der Waals surface area contributed by atoms with E-state index in [1.165, 1.54) is 19.3 Å². The lowest BCUT2D eigenvalue weighted by molar-refractivity contribution is 0.0350. The minimum Gasteiger partial charge on any atom is -0.389 e. The third-order valence-corrected chi connectivity index (χ3v) is 2.36. The first kappa shape index (κ1) is 15.4. The van der Waals surface area contributed by atoms with E-state index in [0.29, 0.717) is 13.2 Å². The highest BCUT2D eigenvalue weighted by Gasteiger charge is 2.05. The van der Waals surface area contributed by atoms with E-state index in [4.69, 9.17) is 11.2 Å². The lowest BCUT2D eigenvalue weighted by Gasteiger charge is -2.13. The topological polar surface area (TPSA) is 41.5 Å². The molecule has 0 saturated carbocycles. The average molecular weight is 227 g/mol. The highest BCUT2D eigenvalue weighted by Crippen LogP contribution is 1.99. The van der Waals surface area contributed by atoms with E-state index >= 15 is 0 Å². The van der Waals surface area contributed by atoms with E-state index in [1.807, 2.05) is 6.92 Å². The Labute approximate surface area is 99.6 Å². The third kappa shape index (κ3) is 9.97. The van der Waals surface area contributed by atoms with Gasteiger partial charge in [-0.05, 0) is 13.3 Å². The summed E-state index contributed by atoms with van der Waals surface area (Å²) in [6, 6.07) is -0.000737. The molecule has 0 fully saturated rings. The van der Waals surface area contributed by atoms with Crippen LogP contribution in [-0.2, 0) is 4.74 Å². The lowest BCUT2D eigenvalue weighted by atomic mass is 10.2. The highest BCUT2D eigenvalue weighted by atomic mass is 16.5. The van der Waals surface area contributed by atoms with Crippen molar-refractivity contribution in [3.63, 3.8) is 0 Å². The zero-order chi connectivity index (χ0) is 12.2. The molecule has 0 aliphatic heterocycles. The van der Waals surface area contributed by atoms with Gasteiger partial charge >= 0.3 is 0 Å². The van der Waals surface area contributed by atoms with E-state index in [-0.39, 0.29) is 6.04 Å². The summed E-state index contributed by atoms with van der Waals surface area (Å²) >= 11 is 0. The summed E-state index contributed by atoms with van der Waals surface area (Å²) in [7, 11) is 0. The number of hydrogen-bond acceptors (Lipinski definition) is 3. The van der Waals surface area contributed by atoms with Gasteiger partial charge in [0.1, 0.15) is 0 Å². The zero-order valence-electron chi connectivity index (χ0n) is 10.5. The molecule has 0 saturated heterocycles. The summed E-state index contributed by atoms with van der Waals surface area (Å²) < 4.78 is 5.37. The van der Waals surface area contributed by atoms with Gasteiger partial charge in [-0.25, -0.2) is 0 Å². The maximum Gasteiger partial charge on any atom is 0.0898 e. The molecule has 3 heteroatoms. The van der Waals surface area contributed by atoms with Crippen LogP contribution in [-0.4, -0.2) is 37.0 Å². The molecule has 16 heavy (non-hydrogen) atoms. The van der Waals surface area contributed by atoms with Crippen LogP contribution >= 0.6 is 0 Å². The van der Waals surface area contributed by atoms with Crippen molar-refractivity contribution in [2.24, 2.45) is 0 Å². The summed E-state index contributed by atoms with van der Waals surface area (Å²) in [5.74, 6) is 2.55. The van der Waals surface area contributed by atoms with Crippen molar-refractivity contribution in [2.45, 2.75) is 51.7 Å². The molecule has 0 aliphatic carbocycles. The van der Waals surface area contributed by atoms with E-state index in [0.717, 1.165) is 13.0 Å². The van der Waals surface area contributed by atoms with Crippen LogP contribution in [0.4, 0.5) is 0 Å². The van der Waals surface area contributed by atoms with Crippen LogP contribution in [0.1, 0.15) is 39.5 Å². The summed E-state index contributed by atoms with van der Waals surface area (Å²) in [4.78, 5) is 0. The van der Waals surface area contributed by atoms with Crippen LogP contribution in [0.3, 0.4) is 0 Å². The van der Waals surface area contributed by atoms with Crippen LogP contribution < -0.4 is 5.32 Å². The second kappa shape index (κ2) is 10.9. The molecular formula is C13H25NO2. The molecular weight excluding hydrogens is 202 g/mol. The molecule has 94 valence electrons. The first-order chi connectivity index (χ1) is 7.70. The number of unbranched alkanes of at least 4 members (excludes halogenated alkanes) is 3.